The summed E-state index contributed by atoms with van der Waals surface area (Å²) < 4.78 is 0. The maximum absolute atomic E-state index is 12.7. The number of hydrogen-bond donors (Lipinski definition) is 1. The molecule has 2 aromatic carbocycles. The van der Waals surface area contributed by atoms with Crippen molar-refractivity contribution in [3.63, 3.8) is 0 Å². The monoisotopic (exact) mass is 320 g/mol. The predicted molar refractivity (Wildman–Crippen MR) is 91.4 cm³/mol. The van der Waals surface area contributed by atoms with E-state index in [1.54, 1.807) is 24.3 Å². The Kier molecular flexibility index (Phi) is 4.00. The van der Waals surface area contributed by atoms with Crippen molar-refractivity contribution in [3.05, 3.63) is 70.8 Å². The zero-order valence-corrected chi connectivity index (χ0v) is 13.4. The lowest BCUT2D eigenvalue weighted by Gasteiger charge is -2.27. The third-order valence-corrected chi connectivity index (χ3v) is 3.68. The van der Waals surface area contributed by atoms with Crippen LogP contribution in [-0.4, -0.2) is 17.8 Å². The fourth-order valence-electron chi connectivity index (χ4n) is 2.69. The van der Waals surface area contributed by atoms with Crippen LogP contribution in [0.1, 0.15) is 16.7 Å². The highest BCUT2D eigenvalue weighted by Gasteiger charge is 2.36. The summed E-state index contributed by atoms with van der Waals surface area (Å²) in [6.07, 6.45) is 1.49. The summed E-state index contributed by atoms with van der Waals surface area (Å²) in [5, 5.41) is 2.23. The van der Waals surface area contributed by atoms with Gasteiger partial charge in [0.15, 0.2) is 0 Å². The summed E-state index contributed by atoms with van der Waals surface area (Å²) in [5.74, 6) is -1.31. The minimum absolute atomic E-state index is 0.0695. The summed E-state index contributed by atoms with van der Waals surface area (Å²) in [6.45, 7) is 3.77. The fraction of sp³-hybridized carbons (Fsp3) is 0.105. The van der Waals surface area contributed by atoms with Crippen molar-refractivity contribution in [2.45, 2.75) is 13.8 Å². The Hall–Kier alpha value is -3.21. The lowest BCUT2D eigenvalue weighted by molar-refractivity contribution is -0.122. The summed E-state index contributed by atoms with van der Waals surface area (Å²) in [7, 11) is 0. The number of amides is 4. The van der Waals surface area contributed by atoms with E-state index in [4.69, 9.17) is 0 Å². The van der Waals surface area contributed by atoms with Crippen molar-refractivity contribution in [2.24, 2.45) is 0 Å². The number of urea groups is 1. The standard InChI is InChI=1S/C19H16N2O3/c1-12-8-13(2)10-15(9-12)21-18(23)16(17(22)20-19(21)24)11-14-6-4-3-5-7-14/h3-11H,1-2H3,(H,20,22,24)/b16-11+. The van der Waals surface area contributed by atoms with E-state index in [0.29, 0.717) is 11.3 Å². The molecule has 0 spiro atoms. The summed E-state index contributed by atoms with van der Waals surface area (Å²) >= 11 is 0. The number of rotatable bonds is 2. The number of anilines is 1. The smallest absolute Gasteiger partial charge is 0.273 e. The second kappa shape index (κ2) is 6.12. The normalized spacial score (nSPS) is 16.5. The molecule has 0 radical (unpaired) electrons. The zero-order valence-electron chi connectivity index (χ0n) is 13.4. The molecule has 0 saturated carbocycles. The van der Waals surface area contributed by atoms with Crippen molar-refractivity contribution in [2.75, 3.05) is 4.90 Å². The molecule has 1 fully saturated rings. The predicted octanol–water partition coefficient (Wildman–Crippen LogP) is 2.97. The van der Waals surface area contributed by atoms with Gasteiger partial charge in [0.25, 0.3) is 11.8 Å². The number of nitrogens with one attached hydrogen (secondary N) is 1. The molecule has 1 aliphatic heterocycles. The van der Waals surface area contributed by atoms with Gasteiger partial charge in [0.05, 0.1) is 5.69 Å². The van der Waals surface area contributed by atoms with Gasteiger partial charge in [0.2, 0.25) is 0 Å². The van der Waals surface area contributed by atoms with Crippen LogP contribution >= 0.6 is 0 Å². The number of carbonyl (C=O) groups is 3. The van der Waals surface area contributed by atoms with Crippen LogP contribution in [0.5, 0.6) is 0 Å². The molecule has 1 aliphatic rings. The SMILES string of the molecule is Cc1cc(C)cc(N2C(=O)NC(=O)/C(=C\c3ccccc3)C2=O)c1. The van der Waals surface area contributed by atoms with E-state index in [9.17, 15) is 14.4 Å². The Morgan fingerprint density at radius 2 is 1.54 bits per heavy atom. The fourth-order valence-corrected chi connectivity index (χ4v) is 2.69. The topological polar surface area (TPSA) is 66.5 Å². The van der Waals surface area contributed by atoms with Crippen LogP contribution in [0.2, 0.25) is 0 Å². The van der Waals surface area contributed by atoms with Gasteiger partial charge in [-0.15, -0.1) is 0 Å². The molecular weight excluding hydrogens is 304 g/mol. The summed E-state index contributed by atoms with van der Waals surface area (Å²) in [6, 6.07) is 13.7. The van der Waals surface area contributed by atoms with Gasteiger partial charge < -0.3 is 0 Å². The maximum atomic E-state index is 12.7. The van der Waals surface area contributed by atoms with E-state index in [1.165, 1.54) is 6.08 Å². The highest BCUT2D eigenvalue weighted by molar-refractivity contribution is 6.39. The maximum Gasteiger partial charge on any atom is 0.335 e. The molecule has 5 nitrogen and oxygen atoms in total. The van der Waals surface area contributed by atoms with E-state index < -0.39 is 17.8 Å². The van der Waals surface area contributed by atoms with Crippen molar-refractivity contribution in [3.8, 4) is 0 Å². The average molecular weight is 320 g/mol. The summed E-state index contributed by atoms with van der Waals surface area (Å²) in [4.78, 5) is 38.0. The molecule has 0 atom stereocenters. The quantitative estimate of drug-likeness (QED) is 0.683. The Labute approximate surface area is 139 Å². The number of carbonyl (C=O) groups excluding carboxylic acids is 3. The van der Waals surface area contributed by atoms with Crippen molar-refractivity contribution >= 4 is 29.6 Å². The van der Waals surface area contributed by atoms with Crippen LogP contribution < -0.4 is 10.2 Å². The molecule has 0 aliphatic carbocycles. The molecular formula is C19H16N2O3. The molecule has 1 N–H and O–H groups in total. The van der Waals surface area contributed by atoms with Gasteiger partial charge >= 0.3 is 6.03 Å². The van der Waals surface area contributed by atoms with Gasteiger partial charge in [-0.05, 0) is 48.7 Å². The van der Waals surface area contributed by atoms with Gasteiger partial charge in [0.1, 0.15) is 5.57 Å². The molecule has 120 valence electrons. The molecule has 5 heteroatoms. The van der Waals surface area contributed by atoms with Gasteiger partial charge in [-0.3, -0.25) is 14.9 Å². The molecule has 1 saturated heterocycles. The van der Waals surface area contributed by atoms with Crippen LogP contribution in [0, 0.1) is 13.8 Å². The Morgan fingerprint density at radius 3 is 2.17 bits per heavy atom. The third-order valence-electron chi connectivity index (χ3n) is 3.68. The number of barbiturate groups is 1. The summed E-state index contributed by atoms with van der Waals surface area (Å²) in [5.41, 5.74) is 2.94. The van der Waals surface area contributed by atoms with E-state index in [-0.39, 0.29) is 5.57 Å². The molecule has 0 unspecified atom stereocenters. The highest BCUT2D eigenvalue weighted by Crippen LogP contribution is 2.24. The molecule has 0 bridgehead atoms. The van der Waals surface area contributed by atoms with Crippen LogP contribution in [0.25, 0.3) is 6.08 Å². The molecule has 0 aromatic heterocycles. The minimum atomic E-state index is -0.736. The number of benzene rings is 2. The molecule has 4 amide bonds. The largest absolute Gasteiger partial charge is 0.335 e. The first kappa shape index (κ1) is 15.7. The average Bonchev–Trinajstić information content (AvgIpc) is 2.51. The van der Waals surface area contributed by atoms with E-state index in [0.717, 1.165) is 16.0 Å². The van der Waals surface area contributed by atoms with Crippen LogP contribution in [0.3, 0.4) is 0 Å². The minimum Gasteiger partial charge on any atom is -0.273 e. The van der Waals surface area contributed by atoms with Crippen LogP contribution in [-0.2, 0) is 9.59 Å². The highest BCUT2D eigenvalue weighted by atomic mass is 16.2. The zero-order chi connectivity index (χ0) is 17.3. The Balaban J connectivity index is 2.05. The second-order valence-electron chi connectivity index (χ2n) is 5.71. The Morgan fingerprint density at radius 1 is 0.917 bits per heavy atom. The van der Waals surface area contributed by atoms with Gasteiger partial charge in [0, 0.05) is 0 Å². The Bertz CT molecular complexity index is 849. The number of hydrogen-bond acceptors (Lipinski definition) is 3. The van der Waals surface area contributed by atoms with E-state index in [2.05, 4.69) is 5.32 Å². The number of aryl methyl sites for hydroxylation is 2. The van der Waals surface area contributed by atoms with Crippen molar-refractivity contribution in [1.82, 2.24) is 5.32 Å². The van der Waals surface area contributed by atoms with E-state index in [1.807, 2.05) is 38.1 Å². The first-order valence-electron chi connectivity index (χ1n) is 7.50. The van der Waals surface area contributed by atoms with Gasteiger partial charge in [-0.2, -0.15) is 0 Å². The van der Waals surface area contributed by atoms with Gasteiger partial charge in [-0.1, -0.05) is 36.4 Å². The second-order valence-corrected chi connectivity index (χ2v) is 5.71. The number of nitrogens with zero attached hydrogens (tertiary/aromatic N) is 1. The van der Waals surface area contributed by atoms with Crippen molar-refractivity contribution in [1.29, 1.82) is 0 Å². The molecule has 3 rings (SSSR count). The third kappa shape index (κ3) is 2.96. The van der Waals surface area contributed by atoms with Gasteiger partial charge in [-0.25, -0.2) is 9.69 Å². The first-order chi connectivity index (χ1) is 11.5. The van der Waals surface area contributed by atoms with Crippen LogP contribution in [0.4, 0.5) is 10.5 Å². The van der Waals surface area contributed by atoms with E-state index >= 15 is 0 Å². The van der Waals surface area contributed by atoms with Crippen LogP contribution in [0.15, 0.2) is 54.1 Å². The lowest BCUT2D eigenvalue weighted by Crippen LogP contribution is -2.54. The molecule has 1 heterocycles. The van der Waals surface area contributed by atoms with Crippen molar-refractivity contribution < 1.29 is 14.4 Å². The number of imide groups is 2. The molecule has 2 aromatic rings. The lowest BCUT2D eigenvalue weighted by atomic mass is 10.1. The first-order valence-corrected chi connectivity index (χ1v) is 7.50. The molecule has 24 heavy (non-hydrogen) atoms.